The molecule has 0 aromatic heterocycles. The van der Waals surface area contributed by atoms with Gasteiger partial charge in [0.15, 0.2) is 18.1 Å². The molecule has 35 heavy (non-hydrogen) atoms. The van der Waals surface area contributed by atoms with Crippen LogP contribution in [0, 0.1) is 6.92 Å². The number of nitrogens with zero attached hydrogens (tertiary/aromatic N) is 1. The Morgan fingerprint density at radius 1 is 0.943 bits per heavy atom. The maximum absolute atomic E-state index is 13.1. The number of nitrogens with one attached hydrogen (secondary N) is 1. The van der Waals surface area contributed by atoms with E-state index in [0.717, 1.165) is 16.7 Å². The summed E-state index contributed by atoms with van der Waals surface area (Å²) in [6.45, 7) is 2.37. The standard InChI is InChI=1S/C26H28N2O6S/c1-18-4-11-24(25(14-18)33-3)34-17-26(29)27-21-6-5-19-12-13-28(16-20(19)15-21)35(30,31)23-9-7-22(32-2)8-10-23/h4-11,14-15H,12-13,16-17H2,1-3H3,(H,27,29). The van der Waals surface area contributed by atoms with E-state index in [-0.39, 0.29) is 24.0 Å². The highest BCUT2D eigenvalue weighted by Crippen LogP contribution is 2.29. The summed E-state index contributed by atoms with van der Waals surface area (Å²) in [7, 11) is -0.573. The normalized spacial score (nSPS) is 13.6. The predicted octanol–water partition coefficient (Wildman–Crippen LogP) is 3.78. The number of amides is 1. The summed E-state index contributed by atoms with van der Waals surface area (Å²) in [6, 6.07) is 17.4. The number of carbonyl (C=O) groups excluding carboxylic acids is 1. The molecular formula is C26H28N2O6S. The van der Waals surface area contributed by atoms with E-state index in [1.807, 2.05) is 37.3 Å². The first-order chi connectivity index (χ1) is 16.8. The van der Waals surface area contributed by atoms with Crippen LogP contribution in [-0.2, 0) is 27.8 Å². The third kappa shape index (κ3) is 5.58. The molecule has 0 bridgehead atoms. The minimum absolute atomic E-state index is 0.186. The van der Waals surface area contributed by atoms with Crippen LogP contribution in [0.2, 0.25) is 0 Å². The van der Waals surface area contributed by atoms with Crippen molar-refractivity contribution >= 4 is 21.6 Å². The van der Waals surface area contributed by atoms with Gasteiger partial charge in [-0.25, -0.2) is 8.42 Å². The van der Waals surface area contributed by atoms with E-state index < -0.39 is 10.0 Å². The molecule has 9 heteroatoms. The number of methoxy groups -OCH3 is 2. The number of rotatable bonds is 8. The van der Waals surface area contributed by atoms with Gasteiger partial charge in [0.1, 0.15) is 5.75 Å². The summed E-state index contributed by atoms with van der Waals surface area (Å²) in [4.78, 5) is 12.7. The van der Waals surface area contributed by atoms with Gasteiger partial charge in [-0.2, -0.15) is 4.31 Å². The van der Waals surface area contributed by atoms with Crippen LogP contribution in [-0.4, -0.2) is 46.0 Å². The van der Waals surface area contributed by atoms with Crippen molar-refractivity contribution in [2.24, 2.45) is 0 Å². The first-order valence-electron chi connectivity index (χ1n) is 11.1. The van der Waals surface area contributed by atoms with Gasteiger partial charge in [-0.1, -0.05) is 12.1 Å². The molecule has 0 radical (unpaired) electrons. The van der Waals surface area contributed by atoms with Crippen LogP contribution >= 0.6 is 0 Å². The Bertz CT molecular complexity index is 1320. The Labute approximate surface area is 205 Å². The molecule has 1 aliphatic rings. The molecule has 1 N–H and O–H groups in total. The molecule has 0 spiro atoms. The highest BCUT2D eigenvalue weighted by Gasteiger charge is 2.28. The lowest BCUT2D eigenvalue weighted by atomic mass is 10.0. The number of anilines is 1. The highest BCUT2D eigenvalue weighted by atomic mass is 32.2. The number of aryl methyl sites for hydroxylation is 1. The third-order valence-electron chi connectivity index (χ3n) is 5.84. The van der Waals surface area contributed by atoms with E-state index in [0.29, 0.717) is 35.9 Å². The molecule has 184 valence electrons. The fourth-order valence-electron chi connectivity index (χ4n) is 3.95. The molecule has 0 saturated heterocycles. The number of hydrogen-bond acceptors (Lipinski definition) is 6. The number of ether oxygens (including phenoxy) is 3. The van der Waals surface area contributed by atoms with Crippen LogP contribution in [0.25, 0.3) is 0 Å². The van der Waals surface area contributed by atoms with Gasteiger partial charge in [0.2, 0.25) is 10.0 Å². The molecule has 0 fully saturated rings. The van der Waals surface area contributed by atoms with E-state index in [9.17, 15) is 13.2 Å². The van der Waals surface area contributed by atoms with Crippen molar-refractivity contribution in [3.63, 3.8) is 0 Å². The summed E-state index contributed by atoms with van der Waals surface area (Å²) in [5.74, 6) is 1.31. The van der Waals surface area contributed by atoms with Crippen molar-refractivity contribution < 1.29 is 27.4 Å². The number of fused-ring (bicyclic) bond motifs is 1. The summed E-state index contributed by atoms with van der Waals surface area (Å²) in [6.07, 6.45) is 0.593. The van der Waals surface area contributed by atoms with Crippen LogP contribution in [0.3, 0.4) is 0 Å². The maximum Gasteiger partial charge on any atom is 0.262 e. The molecule has 1 heterocycles. The first-order valence-corrected chi connectivity index (χ1v) is 12.6. The van der Waals surface area contributed by atoms with Crippen molar-refractivity contribution in [1.82, 2.24) is 4.31 Å². The molecule has 3 aromatic rings. The van der Waals surface area contributed by atoms with Crippen molar-refractivity contribution in [2.75, 3.05) is 32.7 Å². The maximum atomic E-state index is 13.1. The molecular weight excluding hydrogens is 468 g/mol. The number of carbonyl (C=O) groups is 1. The van der Waals surface area contributed by atoms with Crippen LogP contribution in [0.1, 0.15) is 16.7 Å². The largest absolute Gasteiger partial charge is 0.497 e. The van der Waals surface area contributed by atoms with Crippen LogP contribution < -0.4 is 19.5 Å². The fraction of sp³-hybridized carbons (Fsp3) is 0.269. The van der Waals surface area contributed by atoms with Crippen molar-refractivity contribution in [1.29, 1.82) is 0 Å². The molecule has 1 amide bonds. The van der Waals surface area contributed by atoms with E-state index in [1.54, 1.807) is 37.4 Å². The van der Waals surface area contributed by atoms with Gasteiger partial charge in [-0.05, 0) is 78.6 Å². The van der Waals surface area contributed by atoms with Crippen molar-refractivity contribution in [3.05, 3.63) is 77.4 Å². The average molecular weight is 497 g/mol. The van der Waals surface area contributed by atoms with E-state index in [1.165, 1.54) is 11.4 Å². The fourth-order valence-corrected chi connectivity index (χ4v) is 5.36. The number of sulfonamides is 1. The first kappa shape index (κ1) is 24.6. The van der Waals surface area contributed by atoms with E-state index in [4.69, 9.17) is 14.2 Å². The molecule has 8 nitrogen and oxygen atoms in total. The second-order valence-electron chi connectivity index (χ2n) is 8.24. The predicted molar refractivity (Wildman–Crippen MR) is 133 cm³/mol. The molecule has 4 rings (SSSR count). The van der Waals surface area contributed by atoms with Gasteiger partial charge < -0.3 is 19.5 Å². The number of hydrogen-bond donors (Lipinski definition) is 1. The zero-order valence-electron chi connectivity index (χ0n) is 19.9. The molecule has 1 aliphatic heterocycles. The Kier molecular flexibility index (Phi) is 7.28. The summed E-state index contributed by atoms with van der Waals surface area (Å²) in [5, 5.41) is 2.82. The van der Waals surface area contributed by atoms with Gasteiger partial charge in [-0.15, -0.1) is 0 Å². The van der Waals surface area contributed by atoms with Crippen molar-refractivity contribution in [2.45, 2.75) is 24.8 Å². The lowest BCUT2D eigenvalue weighted by molar-refractivity contribution is -0.118. The minimum Gasteiger partial charge on any atom is -0.497 e. The van der Waals surface area contributed by atoms with E-state index >= 15 is 0 Å². The van der Waals surface area contributed by atoms with Gasteiger partial charge in [0.05, 0.1) is 19.1 Å². The topological polar surface area (TPSA) is 94.2 Å². The molecule has 0 unspecified atom stereocenters. The second kappa shape index (κ2) is 10.4. The molecule has 0 saturated carbocycles. The molecule has 3 aromatic carbocycles. The third-order valence-corrected chi connectivity index (χ3v) is 7.70. The number of benzene rings is 3. The molecule has 0 aliphatic carbocycles. The van der Waals surface area contributed by atoms with Crippen LogP contribution in [0.5, 0.6) is 17.2 Å². The van der Waals surface area contributed by atoms with Crippen LogP contribution in [0.15, 0.2) is 65.6 Å². The smallest absolute Gasteiger partial charge is 0.262 e. The Hall–Kier alpha value is -3.56. The average Bonchev–Trinajstić information content (AvgIpc) is 2.87. The lowest BCUT2D eigenvalue weighted by Crippen LogP contribution is -2.36. The lowest BCUT2D eigenvalue weighted by Gasteiger charge is -2.28. The van der Waals surface area contributed by atoms with Gasteiger partial charge in [0.25, 0.3) is 5.91 Å². The Morgan fingerprint density at radius 2 is 1.71 bits per heavy atom. The summed E-state index contributed by atoms with van der Waals surface area (Å²) < 4.78 is 43.8. The minimum atomic E-state index is -3.66. The van der Waals surface area contributed by atoms with Gasteiger partial charge in [-0.3, -0.25) is 4.79 Å². The second-order valence-corrected chi connectivity index (χ2v) is 10.2. The Balaban J connectivity index is 1.42. The van der Waals surface area contributed by atoms with Gasteiger partial charge >= 0.3 is 0 Å². The highest BCUT2D eigenvalue weighted by molar-refractivity contribution is 7.89. The Morgan fingerprint density at radius 3 is 2.43 bits per heavy atom. The van der Waals surface area contributed by atoms with E-state index in [2.05, 4.69) is 5.32 Å². The zero-order chi connectivity index (χ0) is 25.0. The molecule has 0 atom stereocenters. The monoisotopic (exact) mass is 496 g/mol. The summed E-state index contributed by atoms with van der Waals surface area (Å²) in [5.41, 5.74) is 3.52. The zero-order valence-corrected chi connectivity index (χ0v) is 20.7. The van der Waals surface area contributed by atoms with Crippen LogP contribution in [0.4, 0.5) is 5.69 Å². The van der Waals surface area contributed by atoms with Gasteiger partial charge in [0, 0.05) is 18.8 Å². The summed E-state index contributed by atoms with van der Waals surface area (Å²) >= 11 is 0. The quantitative estimate of drug-likeness (QED) is 0.510. The SMILES string of the molecule is COc1ccc(S(=O)(=O)N2CCc3ccc(NC(=O)COc4ccc(C)cc4OC)cc3C2)cc1. The van der Waals surface area contributed by atoms with Crippen molar-refractivity contribution in [3.8, 4) is 17.2 Å².